The Kier molecular flexibility index (Phi) is 50.1. The molecule has 0 rings (SSSR count). The molecule has 6 nitrogen and oxygen atoms in total. The molecule has 0 fully saturated rings. The Balaban J connectivity index is 4.19. The molecule has 0 saturated carbocycles. The van der Waals surface area contributed by atoms with Crippen molar-refractivity contribution in [2.24, 2.45) is 5.92 Å². The summed E-state index contributed by atoms with van der Waals surface area (Å²) in [7, 11) is 0. The third-order valence-electron chi connectivity index (χ3n) is 13.4. The van der Waals surface area contributed by atoms with Gasteiger partial charge >= 0.3 is 17.9 Å². The first-order chi connectivity index (χ1) is 30.9. The quantitative estimate of drug-likeness (QED) is 0.0344. The van der Waals surface area contributed by atoms with E-state index in [0.29, 0.717) is 19.3 Å². The zero-order valence-corrected chi connectivity index (χ0v) is 43.0. The molecule has 2 atom stereocenters. The molecule has 1 unspecified atom stereocenters. The molecule has 0 spiro atoms. The Bertz CT molecular complexity index is 951. The molecule has 374 valence electrons. The van der Waals surface area contributed by atoms with Gasteiger partial charge in [-0.3, -0.25) is 14.4 Å². The number of carbonyl (C=O) groups is 3. The standard InChI is InChI=1S/C57H110O6/c1-5-8-10-12-14-16-17-18-19-20-21-22-26-29-33-36-40-44-48-55(58)61-51-54(63-57(60)50-46-42-38-31-15-13-11-9-6-2)52-62-56(59)49-45-41-37-34-30-27-24-23-25-28-32-35-39-43-47-53(4)7-3/h53-54H,5-52H2,1-4H3/t53?,54-/m0/s1. The number of ether oxygens (including phenoxy) is 3. The van der Waals surface area contributed by atoms with Gasteiger partial charge in [0.1, 0.15) is 13.2 Å². The second kappa shape index (κ2) is 51.4. The second-order valence-corrected chi connectivity index (χ2v) is 19.8. The summed E-state index contributed by atoms with van der Waals surface area (Å²) in [5.74, 6) is 0.0550. The van der Waals surface area contributed by atoms with Gasteiger partial charge in [-0.2, -0.15) is 0 Å². The normalized spacial score (nSPS) is 12.4. The van der Waals surface area contributed by atoms with Crippen LogP contribution in [0.1, 0.15) is 323 Å². The first kappa shape index (κ1) is 61.4. The van der Waals surface area contributed by atoms with Crippen molar-refractivity contribution >= 4 is 17.9 Å². The van der Waals surface area contributed by atoms with Crippen LogP contribution < -0.4 is 0 Å². The molecule has 0 aromatic rings. The smallest absolute Gasteiger partial charge is 0.306 e. The van der Waals surface area contributed by atoms with E-state index >= 15 is 0 Å². The fourth-order valence-electron chi connectivity index (χ4n) is 8.72. The van der Waals surface area contributed by atoms with Crippen LogP contribution in [0.4, 0.5) is 0 Å². The van der Waals surface area contributed by atoms with Gasteiger partial charge in [0, 0.05) is 19.3 Å². The summed E-state index contributed by atoms with van der Waals surface area (Å²) in [6, 6.07) is 0. The lowest BCUT2D eigenvalue weighted by Gasteiger charge is -2.18. The molecule has 0 aromatic carbocycles. The fraction of sp³-hybridized carbons (Fsp3) is 0.947. The zero-order valence-electron chi connectivity index (χ0n) is 43.0. The number of unbranched alkanes of at least 4 members (excludes halogenated alkanes) is 38. The summed E-state index contributed by atoms with van der Waals surface area (Å²) in [6.45, 7) is 9.07. The molecule has 0 bridgehead atoms. The molecule has 0 aliphatic heterocycles. The molecule has 0 N–H and O–H groups in total. The SMILES string of the molecule is CCCCCCCCCCCCCCCCCCCCC(=O)OC[C@@H](COC(=O)CCCCCCCCCCCCCCCCC(C)CC)OC(=O)CCCCCCCCCCC. The Morgan fingerprint density at radius 3 is 0.825 bits per heavy atom. The van der Waals surface area contributed by atoms with Gasteiger partial charge in [-0.1, -0.05) is 285 Å². The molecule has 6 heteroatoms. The lowest BCUT2D eigenvalue weighted by Crippen LogP contribution is -2.30. The van der Waals surface area contributed by atoms with Gasteiger partial charge in [0.15, 0.2) is 6.10 Å². The summed E-state index contributed by atoms with van der Waals surface area (Å²) in [5.41, 5.74) is 0. The Labute approximate surface area is 393 Å². The minimum absolute atomic E-state index is 0.0623. The molecule has 0 radical (unpaired) electrons. The molecule has 0 heterocycles. The third-order valence-corrected chi connectivity index (χ3v) is 13.4. The van der Waals surface area contributed by atoms with Crippen LogP contribution in [0.15, 0.2) is 0 Å². The van der Waals surface area contributed by atoms with Gasteiger partial charge in [-0.25, -0.2) is 0 Å². The highest BCUT2D eigenvalue weighted by Crippen LogP contribution is 2.18. The van der Waals surface area contributed by atoms with Gasteiger partial charge in [-0.05, 0) is 25.2 Å². The number of rotatable bonds is 52. The van der Waals surface area contributed by atoms with Crippen molar-refractivity contribution in [3.05, 3.63) is 0 Å². The predicted molar refractivity (Wildman–Crippen MR) is 270 cm³/mol. The maximum Gasteiger partial charge on any atom is 0.306 e. The minimum atomic E-state index is -0.760. The van der Waals surface area contributed by atoms with Crippen molar-refractivity contribution in [1.29, 1.82) is 0 Å². The van der Waals surface area contributed by atoms with E-state index < -0.39 is 6.10 Å². The van der Waals surface area contributed by atoms with Gasteiger partial charge in [-0.15, -0.1) is 0 Å². The van der Waals surface area contributed by atoms with Crippen LogP contribution in [0.5, 0.6) is 0 Å². The fourth-order valence-corrected chi connectivity index (χ4v) is 8.72. The predicted octanol–water partition coefficient (Wildman–Crippen LogP) is 18.6. The Morgan fingerprint density at radius 1 is 0.317 bits per heavy atom. The van der Waals surface area contributed by atoms with Crippen LogP contribution in [-0.2, 0) is 28.6 Å². The van der Waals surface area contributed by atoms with Crippen LogP contribution in [0, 0.1) is 5.92 Å². The number of hydrogen-bond acceptors (Lipinski definition) is 6. The van der Waals surface area contributed by atoms with Crippen molar-refractivity contribution in [3.63, 3.8) is 0 Å². The Hall–Kier alpha value is -1.59. The van der Waals surface area contributed by atoms with Crippen molar-refractivity contribution in [1.82, 2.24) is 0 Å². The summed E-state index contributed by atoms with van der Waals surface area (Å²) in [6.07, 6.45) is 55.2. The molecule has 0 saturated heterocycles. The lowest BCUT2D eigenvalue weighted by molar-refractivity contribution is -0.167. The molecule has 0 aliphatic carbocycles. The first-order valence-electron chi connectivity index (χ1n) is 28.4. The van der Waals surface area contributed by atoms with Crippen LogP contribution in [-0.4, -0.2) is 37.2 Å². The zero-order chi connectivity index (χ0) is 45.9. The van der Waals surface area contributed by atoms with Crippen molar-refractivity contribution in [2.45, 2.75) is 329 Å². The minimum Gasteiger partial charge on any atom is -0.462 e. The average molecular weight is 892 g/mol. The first-order valence-corrected chi connectivity index (χ1v) is 28.4. The van der Waals surface area contributed by atoms with Gasteiger partial charge in [0.05, 0.1) is 0 Å². The average Bonchev–Trinajstić information content (AvgIpc) is 3.28. The molecule has 0 aromatic heterocycles. The summed E-state index contributed by atoms with van der Waals surface area (Å²) >= 11 is 0. The van der Waals surface area contributed by atoms with E-state index in [-0.39, 0.29) is 31.1 Å². The largest absolute Gasteiger partial charge is 0.462 e. The van der Waals surface area contributed by atoms with E-state index in [2.05, 4.69) is 27.7 Å². The summed E-state index contributed by atoms with van der Waals surface area (Å²) in [4.78, 5) is 38.0. The molecular formula is C57H110O6. The number of esters is 3. The van der Waals surface area contributed by atoms with Crippen LogP contribution in [0.2, 0.25) is 0 Å². The van der Waals surface area contributed by atoms with E-state index in [0.717, 1.165) is 63.7 Å². The van der Waals surface area contributed by atoms with E-state index in [4.69, 9.17) is 14.2 Å². The third kappa shape index (κ3) is 49.7. The number of carbonyl (C=O) groups excluding carboxylic acids is 3. The molecular weight excluding hydrogens is 781 g/mol. The van der Waals surface area contributed by atoms with E-state index in [9.17, 15) is 14.4 Å². The highest BCUT2D eigenvalue weighted by molar-refractivity contribution is 5.71. The highest BCUT2D eigenvalue weighted by Gasteiger charge is 2.19. The van der Waals surface area contributed by atoms with Gasteiger partial charge in [0.25, 0.3) is 0 Å². The van der Waals surface area contributed by atoms with Crippen molar-refractivity contribution < 1.29 is 28.6 Å². The second-order valence-electron chi connectivity index (χ2n) is 19.8. The molecule has 0 amide bonds. The number of hydrogen-bond donors (Lipinski definition) is 0. The maximum atomic E-state index is 12.8. The van der Waals surface area contributed by atoms with E-state index in [1.54, 1.807) is 0 Å². The molecule has 0 aliphatic rings. The summed E-state index contributed by atoms with van der Waals surface area (Å²) in [5, 5.41) is 0. The molecule has 63 heavy (non-hydrogen) atoms. The van der Waals surface area contributed by atoms with Crippen LogP contribution >= 0.6 is 0 Å². The highest BCUT2D eigenvalue weighted by atomic mass is 16.6. The van der Waals surface area contributed by atoms with Gasteiger partial charge in [0.2, 0.25) is 0 Å². The van der Waals surface area contributed by atoms with E-state index in [1.165, 1.54) is 218 Å². The van der Waals surface area contributed by atoms with Crippen LogP contribution in [0.3, 0.4) is 0 Å². The van der Waals surface area contributed by atoms with Gasteiger partial charge < -0.3 is 14.2 Å². The topological polar surface area (TPSA) is 78.9 Å². The Morgan fingerprint density at radius 2 is 0.556 bits per heavy atom. The van der Waals surface area contributed by atoms with Crippen LogP contribution in [0.25, 0.3) is 0 Å². The van der Waals surface area contributed by atoms with E-state index in [1.807, 2.05) is 0 Å². The maximum absolute atomic E-state index is 12.8. The lowest BCUT2D eigenvalue weighted by atomic mass is 9.99. The van der Waals surface area contributed by atoms with Crippen molar-refractivity contribution in [2.75, 3.05) is 13.2 Å². The summed E-state index contributed by atoms with van der Waals surface area (Å²) < 4.78 is 16.8. The monoisotopic (exact) mass is 891 g/mol. The van der Waals surface area contributed by atoms with Crippen molar-refractivity contribution in [3.8, 4) is 0 Å².